The first-order chi connectivity index (χ1) is 13.1. The standard InChI is InChI=1S/C18H15BrN4O2S2/c19-13-7-4-8-14(9-13)20-15(24)10-26-11-16(25)21-18-23-22-17(27-18)12-5-2-1-3-6-12/h1-9H,10-11H2,(H,20,24)(H,21,23,25). The first-order valence-electron chi connectivity index (χ1n) is 7.92. The number of nitrogens with one attached hydrogen (secondary N) is 2. The molecule has 9 heteroatoms. The second-order valence-corrected chi connectivity index (χ2v) is 8.26. The SMILES string of the molecule is O=C(CSCC(=O)Nc1nnc(-c2ccccc2)s1)Nc1cccc(Br)c1. The van der Waals surface area contributed by atoms with Crippen LogP contribution in [0.1, 0.15) is 0 Å². The van der Waals surface area contributed by atoms with E-state index in [2.05, 4.69) is 36.8 Å². The van der Waals surface area contributed by atoms with Gasteiger partial charge in [-0.25, -0.2) is 0 Å². The summed E-state index contributed by atoms with van der Waals surface area (Å²) >= 11 is 5.90. The van der Waals surface area contributed by atoms with Crippen LogP contribution in [0.2, 0.25) is 0 Å². The molecule has 2 aromatic carbocycles. The second-order valence-electron chi connectivity index (χ2n) is 5.38. The van der Waals surface area contributed by atoms with Gasteiger partial charge in [0, 0.05) is 15.7 Å². The molecule has 27 heavy (non-hydrogen) atoms. The Kier molecular flexibility index (Phi) is 6.97. The zero-order valence-corrected chi connectivity index (χ0v) is 17.2. The van der Waals surface area contributed by atoms with E-state index >= 15 is 0 Å². The highest BCUT2D eigenvalue weighted by Crippen LogP contribution is 2.26. The smallest absolute Gasteiger partial charge is 0.236 e. The molecule has 0 saturated carbocycles. The lowest BCUT2D eigenvalue weighted by molar-refractivity contribution is -0.114. The Morgan fingerprint density at radius 2 is 1.70 bits per heavy atom. The van der Waals surface area contributed by atoms with Gasteiger partial charge in [0.1, 0.15) is 5.01 Å². The van der Waals surface area contributed by atoms with Crippen LogP contribution in [0.3, 0.4) is 0 Å². The summed E-state index contributed by atoms with van der Waals surface area (Å²) in [6, 6.07) is 17.0. The fourth-order valence-corrected chi connectivity index (χ4v) is 3.91. The molecule has 2 amide bonds. The highest BCUT2D eigenvalue weighted by molar-refractivity contribution is 9.10. The van der Waals surface area contributed by atoms with E-state index in [1.807, 2.05) is 48.5 Å². The molecule has 6 nitrogen and oxygen atoms in total. The topological polar surface area (TPSA) is 84.0 Å². The lowest BCUT2D eigenvalue weighted by Crippen LogP contribution is -2.18. The average Bonchev–Trinajstić information content (AvgIpc) is 3.11. The average molecular weight is 463 g/mol. The van der Waals surface area contributed by atoms with E-state index in [1.54, 1.807) is 6.07 Å². The summed E-state index contributed by atoms with van der Waals surface area (Å²) in [4.78, 5) is 23.9. The first kappa shape index (κ1) is 19.5. The van der Waals surface area contributed by atoms with Crippen molar-refractivity contribution in [2.75, 3.05) is 22.1 Å². The lowest BCUT2D eigenvalue weighted by atomic mass is 10.2. The third kappa shape index (κ3) is 6.16. The number of carbonyl (C=O) groups excluding carboxylic acids is 2. The predicted molar refractivity (Wildman–Crippen MR) is 114 cm³/mol. The Balaban J connectivity index is 1.42. The van der Waals surface area contributed by atoms with Crippen LogP contribution in [-0.2, 0) is 9.59 Å². The van der Waals surface area contributed by atoms with Gasteiger partial charge in [-0.05, 0) is 18.2 Å². The summed E-state index contributed by atoms with van der Waals surface area (Å²) in [5, 5.41) is 14.7. The molecule has 0 saturated heterocycles. The molecule has 0 aliphatic rings. The van der Waals surface area contributed by atoms with Gasteiger partial charge in [-0.15, -0.1) is 22.0 Å². The normalized spacial score (nSPS) is 10.4. The van der Waals surface area contributed by atoms with Crippen molar-refractivity contribution in [3.8, 4) is 10.6 Å². The van der Waals surface area contributed by atoms with E-state index in [1.165, 1.54) is 23.1 Å². The third-order valence-corrected chi connectivity index (χ3v) is 5.58. The number of rotatable bonds is 7. The van der Waals surface area contributed by atoms with Crippen LogP contribution in [0.4, 0.5) is 10.8 Å². The molecule has 0 aliphatic carbocycles. The van der Waals surface area contributed by atoms with Gasteiger partial charge in [0.2, 0.25) is 16.9 Å². The van der Waals surface area contributed by atoms with Crippen LogP contribution in [0.25, 0.3) is 10.6 Å². The van der Waals surface area contributed by atoms with Crippen molar-refractivity contribution in [2.45, 2.75) is 0 Å². The maximum Gasteiger partial charge on any atom is 0.236 e. The molecule has 0 bridgehead atoms. The van der Waals surface area contributed by atoms with Gasteiger partial charge in [-0.1, -0.05) is 63.7 Å². The Labute approximate surface area is 172 Å². The van der Waals surface area contributed by atoms with Gasteiger partial charge in [-0.3, -0.25) is 14.9 Å². The number of anilines is 2. The van der Waals surface area contributed by atoms with Gasteiger partial charge in [0.15, 0.2) is 0 Å². The molecule has 0 aliphatic heterocycles. The van der Waals surface area contributed by atoms with E-state index in [-0.39, 0.29) is 23.3 Å². The maximum atomic E-state index is 12.0. The highest BCUT2D eigenvalue weighted by atomic mass is 79.9. The number of hydrogen-bond donors (Lipinski definition) is 2. The van der Waals surface area contributed by atoms with Crippen LogP contribution in [-0.4, -0.2) is 33.5 Å². The number of halogens is 1. The molecule has 0 fully saturated rings. The minimum atomic E-state index is -0.217. The molecule has 0 spiro atoms. The summed E-state index contributed by atoms with van der Waals surface area (Å²) in [5.41, 5.74) is 1.66. The Morgan fingerprint density at radius 3 is 2.44 bits per heavy atom. The van der Waals surface area contributed by atoms with E-state index in [9.17, 15) is 9.59 Å². The zero-order valence-electron chi connectivity index (χ0n) is 14.0. The zero-order chi connectivity index (χ0) is 19.1. The minimum absolute atomic E-state index is 0.159. The molecule has 138 valence electrons. The summed E-state index contributed by atoms with van der Waals surface area (Å²) in [5.74, 6) is -0.0310. The fourth-order valence-electron chi connectivity index (χ4n) is 2.13. The van der Waals surface area contributed by atoms with Crippen LogP contribution in [0.15, 0.2) is 59.1 Å². The number of nitrogens with zero attached hydrogens (tertiary/aromatic N) is 2. The highest BCUT2D eigenvalue weighted by Gasteiger charge is 2.11. The van der Waals surface area contributed by atoms with Crippen molar-refractivity contribution < 1.29 is 9.59 Å². The number of thioether (sulfide) groups is 1. The van der Waals surface area contributed by atoms with E-state index in [4.69, 9.17) is 0 Å². The molecule has 3 aromatic rings. The van der Waals surface area contributed by atoms with Crippen molar-refractivity contribution in [3.63, 3.8) is 0 Å². The largest absolute Gasteiger partial charge is 0.325 e. The first-order valence-corrected chi connectivity index (χ1v) is 10.7. The third-order valence-electron chi connectivity index (χ3n) is 3.27. The van der Waals surface area contributed by atoms with Gasteiger partial charge < -0.3 is 5.32 Å². The monoisotopic (exact) mass is 462 g/mol. The molecule has 0 unspecified atom stereocenters. The molecule has 3 rings (SSSR count). The molecule has 2 N–H and O–H groups in total. The molecular formula is C18H15BrN4O2S2. The number of hydrogen-bond acceptors (Lipinski definition) is 6. The summed E-state index contributed by atoms with van der Waals surface area (Å²) < 4.78 is 0.888. The predicted octanol–water partition coefficient (Wildman–Crippen LogP) is 4.28. The van der Waals surface area contributed by atoms with Crippen LogP contribution < -0.4 is 10.6 Å². The van der Waals surface area contributed by atoms with Gasteiger partial charge >= 0.3 is 0 Å². The number of benzene rings is 2. The number of aromatic nitrogens is 2. The van der Waals surface area contributed by atoms with Gasteiger partial charge in [0.05, 0.1) is 11.5 Å². The molecule has 0 radical (unpaired) electrons. The molecule has 0 atom stereocenters. The van der Waals surface area contributed by atoms with Gasteiger partial charge in [0.25, 0.3) is 0 Å². The van der Waals surface area contributed by atoms with Crippen LogP contribution >= 0.6 is 39.0 Å². The van der Waals surface area contributed by atoms with Crippen molar-refractivity contribution in [1.82, 2.24) is 10.2 Å². The Morgan fingerprint density at radius 1 is 0.963 bits per heavy atom. The minimum Gasteiger partial charge on any atom is -0.325 e. The summed E-state index contributed by atoms with van der Waals surface area (Å²) in [6.45, 7) is 0. The molecular weight excluding hydrogens is 448 g/mol. The van der Waals surface area contributed by atoms with E-state index in [0.717, 1.165) is 15.0 Å². The van der Waals surface area contributed by atoms with E-state index in [0.29, 0.717) is 10.8 Å². The van der Waals surface area contributed by atoms with Crippen molar-refractivity contribution in [2.24, 2.45) is 0 Å². The summed E-state index contributed by atoms with van der Waals surface area (Å²) in [7, 11) is 0. The van der Waals surface area contributed by atoms with Crippen molar-refractivity contribution in [1.29, 1.82) is 0 Å². The van der Waals surface area contributed by atoms with Crippen LogP contribution in [0, 0.1) is 0 Å². The quantitative estimate of drug-likeness (QED) is 0.547. The molecule has 1 aromatic heterocycles. The van der Waals surface area contributed by atoms with Crippen molar-refractivity contribution >= 4 is 61.7 Å². The van der Waals surface area contributed by atoms with E-state index < -0.39 is 0 Å². The Hall–Kier alpha value is -2.23. The van der Waals surface area contributed by atoms with Crippen molar-refractivity contribution in [3.05, 3.63) is 59.1 Å². The lowest BCUT2D eigenvalue weighted by Gasteiger charge is -2.05. The maximum absolute atomic E-state index is 12.0. The molecule has 1 heterocycles. The van der Waals surface area contributed by atoms with Gasteiger partial charge in [-0.2, -0.15) is 0 Å². The number of amides is 2. The van der Waals surface area contributed by atoms with Crippen LogP contribution in [0.5, 0.6) is 0 Å². The second kappa shape index (κ2) is 9.63. The number of carbonyl (C=O) groups is 2. The fraction of sp³-hybridized carbons (Fsp3) is 0.111. The summed E-state index contributed by atoms with van der Waals surface area (Å²) in [6.07, 6.45) is 0. The Bertz CT molecular complexity index is 934.